The average molecular weight is 244 g/mol. The van der Waals surface area contributed by atoms with Gasteiger partial charge < -0.3 is 11.1 Å². The van der Waals surface area contributed by atoms with Gasteiger partial charge in [0.15, 0.2) is 0 Å². The van der Waals surface area contributed by atoms with Gasteiger partial charge in [0.1, 0.15) is 5.69 Å². The van der Waals surface area contributed by atoms with Gasteiger partial charge in [-0.1, -0.05) is 18.2 Å². The van der Waals surface area contributed by atoms with Crippen molar-refractivity contribution in [3.63, 3.8) is 0 Å². The van der Waals surface area contributed by atoms with E-state index in [-0.39, 0.29) is 5.91 Å². The van der Waals surface area contributed by atoms with Gasteiger partial charge in [-0.2, -0.15) is 5.10 Å². The molecule has 0 atom stereocenters. The molecule has 1 aromatic carbocycles. The summed E-state index contributed by atoms with van der Waals surface area (Å²) >= 11 is 0. The molecule has 0 fully saturated rings. The fraction of sp³-hybridized carbons (Fsp3) is 0.231. The number of amides is 1. The highest BCUT2D eigenvalue weighted by Crippen LogP contribution is 2.18. The average Bonchev–Trinajstić information content (AvgIpc) is 2.66. The van der Waals surface area contributed by atoms with Gasteiger partial charge in [-0.25, -0.2) is 0 Å². The van der Waals surface area contributed by atoms with Crippen LogP contribution in [-0.4, -0.2) is 15.7 Å². The number of benzene rings is 1. The summed E-state index contributed by atoms with van der Waals surface area (Å²) in [5.74, 6) is -0.235. The van der Waals surface area contributed by atoms with E-state index in [0.29, 0.717) is 23.6 Å². The molecule has 0 aliphatic rings. The van der Waals surface area contributed by atoms with Crippen LogP contribution in [0.5, 0.6) is 0 Å². The molecule has 0 saturated heterocycles. The van der Waals surface area contributed by atoms with Gasteiger partial charge in [-0.3, -0.25) is 9.48 Å². The van der Waals surface area contributed by atoms with Crippen LogP contribution in [0.3, 0.4) is 0 Å². The molecule has 18 heavy (non-hydrogen) atoms. The van der Waals surface area contributed by atoms with E-state index in [2.05, 4.69) is 10.4 Å². The number of nitrogen functional groups attached to an aromatic ring is 1. The van der Waals surface area contributed by atoms with Gasteiger partial charge in [0.25, 0.3) is 5.91 Å². The van der Waals surface area contributed by atoms with Crippen LogP contribution in [0.25, 0.3) is 0 Å². The van der Waals surface area contributed by atoms with E-state index in [1.54, 1.807) is 11.6 Å². The molecule has 94 valence electrons. The first-order valence-electron chi connectivity index (χ1n) is 5.82. The van der Waals surface area contributed by atoms with Crippen LogP contribution in [0.1, 0.15) is 23.1 Å². The van der Waals surface area contributed by atoms with E-state index in [4.69, 9.17) is 5.73 Å². The zero-order valence-electron chi connectivity index (χ0n) is 10.5. The van der Waals surface area contributed by atoms with Crippen LogP contribution in [0.2, 0.25) is 0 Å². The maximum absolute atomic E-state index is 12.2. The van der Waals surface area contributed by atoms with Gasteiger partial charge in [0.05, 0.1) is 11.4 Å². The number of nitrogens with two attached hydrogens (primary N) is 1. The Balaban J connectivity index is 2.29. The smallest absolute Gasteiger partial charge is 0.276 e. The van der Waals surface area contributed by atoms with E-state index < -0.39 is 0 Å². The van der Waals surface area contributed by atoms with E-state index in [9.17, 15) is 4.79 Å². The molecule has 0 unspecified atom stereocenters. The maximum Gasteiger partial charge on any atom is 0.276 e. The normalized spacial score (nSPS) is 10.3. The molecule has 1 aromatic heterocycles. The van der Waals surface area contributed by atoms with Gasteiger partial charge in [-0.15, -0.1) is 0 Å². The van der Waals surface area contributed by atoms with Crippen molar-refractivity contribution in [2.24, 2.45) is 0 Å². The molecule has 5 heteroatoms. The van der Waals surface area contributed by atoms with E-state index in [1.165, 1.54) is 0 Å². The second-order valence-electron chi connectivity index (χ2n) is 3.98. The minimum atomic E-state index is -0.235. The molecule has 2 aromatic rings. The Bertz CT molecular complexity index is 560. The Morgan fingerprint density at radius 1 is 1.39 bits per heavy atom. The lowest BCUT2D eigenvalue weighted by atomic mass is 10.2. The number of rotatable bonds is 3. The number of carbonyl (C=O) groups is 1. The molecule has 2 rings (SSSR count). The predicted molar refractivity (Wildman–Crippen MR) is 71.4 cm³/mol. The summed E-state index contributed by atoms with van der Waals surface area (Å²) in [5, 5.41) is 7.03. The van der Waals surface area contributed by atoms with Crippen LogP contribution >= 0.6 is 0 Å². The zero-order chi connectivity index (χ0) is 13.1. The quantitative estimate of drug-likeness (QED) is 0.867. The Kier molecular flexibility index (Phi) is 3.32. The molecule has 0 aliphatic heterocycles. The minimum Gasteiger partial charge on any atom is -0.395 e. The first-order valence-corrected chi connectivity index (χ1v) is 5.82. The first kappa shape index (κ1) is 12.2. The van der Waals surface area contributed by atoms with E-state index in [0.717, 1.165) is 5.69 Å². The van der Waals surface area contributed by atoms with Gasteiger partial charge >= 0.3 is 0 Å². The molecule has 0 aliphatic carbocycles. The number of aryl methyl sites for hydroxylation is 2. The Morgan fingerprint density at radius 2 is 2.06 bits per heavy atom. The van der Waals surface area contributed by atoms with Gasteiger partial charge in [0, 0.05) is 12.2 Å². The molecule has 5 nitrogen and oxygen atoms in total. The van der Waals surface area contributed by atoms with Gasteiger partial charge in [0.2, 0.25) is 0 Å². The Hall–Kier alpha value is -2.30. The third-order valence-corrected chi connectivity index (χ3v) is 2.72. The third kappa shape index (κ3) is 2.20. The number of carbonyl (C=O) groups excluding carboxylic acids is 1. The van der Waals surface area contributed by atoms with Crippen molar-refractivity contribution in [2.45, 2.75) is 20.4 Å². The highest BCUT2D eigenvalue weighted by atomic mass is 16.2. The number of nitrogens with one attached hydrogen (secondary N) is 1. The number of aromatic nitrogens is 2. The summed E-state index contributed by atoms with van der Waals surface area (Å²) < 4.78 is 1.61. The third-order valence-electron chi connectivity index (χ3n) is 2.72. The second-order valence-corrected chi connectivity index (χ2v) is 3.98. The number of para-hydroxylation sites is 1. The predicted octanol–water partition coefficient (Wildman–Crippen LogP) is 2.05. The highest BCUT2D eigenvalue weighted by molar-refractivity contribution is 6.06. The van der Waals surface area contributed by atoms with Crippen molar-refractivity contribution in [1.29, 1.82) is 0 Å². The van der Waals surface area contributed by atoms with E-state index in [1.807, 2.05) is 37.3 Å². The summed E-state index contributed by atoms with van der Waals surface area (Å²) in [5.41, 5.74) is 8.16. The van der Waals surface area contributed by atoms with E-state index >= 15 is 0 Å². The summed E-state index contributed by atoms with van der Waals surface area (Å²) in [6.45, 7) is 4.32. The summed E-state index contributed by atoms with van der Waals surface area (Å²) in [7, 11) is 0. The van der Waals surface area contributed by atoms with Crippen LogP contribution in [0, 0.1) is 6.92 Å². The van der Waals surface area contributed by atoms with Crippen molar-refractivity contribution in [3.05, 3.63) is 41.7 Å². The van der Waals surface area contributed by atoms with Gasteiger partial charge in [-0.05, 0) is 26.0 Å². The zero-order valence-corrected chi connectivity index (χ0v) is 10.5. The molecule has 0 saturated carbocycles. The number of anilines is 2. The lowest BCUT2D eigenvalue weighted by molar-refractivity contribution is 0.101. The summed E-state index contributed by atoms with van der Waals surface area (Å²) in [6.07, 6.45) is 0. The SMILES string of the molecule is CCn1nc(C)c(N)c1C(=O)Nc1ccccc1. The first-order chi connectivity index (χ1) is 8.63. The second kappa shape index (κ2) is 4.91. The fourth-order valence-corrected chi connectivity index (χ4v) is 1.78. The number of hydrogen-bond acceptors (Lipinski definition) is 3. The van der Waals surface area contributed by atoms with Crippen LogP contribution in [0.4, 0.5) is 11.4 Å². The lowest BCUT2D eigenvalue weighted by Crippen LogP contribution is -2.18. The van der Waals surface area contributed by atoms with Crippen molar-refractivity contribution in [1.82, 2.24) is 9.78 Å². The summed E-state index contributed by atoms with van der Waals surface area (Å²) in [4.78, 5) is 12.2. The Labute approximate surface area is 106 Å². The standard InChI is InChI=1S/C13H16N4O/c1-3-17-12(11(14)9(2)16-17)13(18)15-10-7-5-4-6-8-10/h4-8H,3,14H2,1-2H3,(H,15,18). The van der Waals surface area contributed by atoms with Crippen molar-refractivity contribution >= 4 is 17.3 Å². The monoisotopic (exact) mass is 244 g/mol. The minimum absolute atomic E-state index is 0.235. The lowest BCUT2D eigenvalue weighted by Gasteiger charge is -2.07. The number of hydrogen-bond donors (Lipinski definition) is 2. The van der Waals surface area contributed by atoms with Crippen LogP contribution in [-0.2, 0) is 6.54 Å². The molecule has 0 spiro atoms. The topological polar surface area (TPSA) is 72.9 Å². The number of nitrogens with zero attached hydrogens (tertiary/aromatic N) is 2. The molecular formula is C13H16N4O. The molecule has 1 heterocycles. The highest BCUT2D eigenvalue weighted by Gasteiger charge is 2.18. The maximum atomic E-state index is 12.2. The summed E-state index contributed by atoms with van der Waals surface area (Å²) in [6, 6.07) is 9.27. The van der Waals surface area contributed by atoms with Crippen molar-refractivity contribution < 1.29 is 4.79 Å². The fourth-order valence-electron chi connectivity index (χ4n) is 1.78. The van der Waals surface area contributed by atoms with Crippen LogP contribution in [0.15, 0.2) is 30.3 Å². The molecular weight excluding hydrogens is 228 g/mol. The molecule has 1 amide bonds. The molecule has 0 radical (unpaired) electrons. The van der Waals surface area contributed by atoms with Crippen molar-refractivity contribution in [3.8, 4) is 0 Å². The van der Waals surface area contributed by atoms with Crippen LogP contribution < -0.4 is 11.1 Å². The molecule has 3 N–H and O–H groups in total. The van der Waals surface area contributed by atoms with Crippen molar-refractivity contribution in [2.75, 3.05) is 11.1 Å². The largest absolute Gasteiger partial charge is 0.395 e. The Morgan fingerprint density at radius 3 is 2.67 bits per heavy atom. The molecule has 0 bridgehead atoms.